The van der Waals surface area contributed by atoms with Gasteiger partial charge in [0.15, 0.2) is 12.1 Å². The minimum absolute atomic E-state index is 0.245. The van der Waals surface area contributed by atoms with Crippen molar-refractivity contribution in [3.63, 3.8) is 0 Å². The topological polar surface area (TPSA) is 63.6 Å². The quantitative estimate of drug-likeness (QED) is 0.583. The van der Waals surface area contributed by atoms with E-state index in [0.717, 1.165) is 62.4 Å². The van der Waals surface area contributed by atoms with Crippen LogP contribution in [0.2, 0.25) is 0 Å². The highest BCUT2D eigenvalue weighted by molar-refractivity contribution is 7.09. The van der Waals surface area contributed by atoms with Crippen LogP contribution in [0.1, 0.15) is 30.1 Å². The van der Waals surface area contributed by atoms with E-state index in [1.165, 1.54) is 17.1 Å². The number of nitrogens with zero attached hydrogens (tertiary/aromatic N) is 5. The molecule has 2 unspecified atom stereocenters. The average molecular weight is 438 g/mol. The van der Waals surface area contributed by atoms with Crippen LogP contribution in [-0.2, 0) is 16.1 Å². The molecule has 0 saturated carbocycles. The van der Waals surface area contributed by atoms with E-state index in [0.29, 0.717) is 6.61 Å². The SMILES string of the molecule is c1ccc(C2CCCOC2OCc2nsc(N3CCN(c4ccccn4)CC3)n2)cc1. The van der Waals surface area contributed by atoms with E-state index in [9.17, 15) is 0 Å². The van der Waals surface area contributed by atoms with Crippen LogP contribution in [0.3, 0.4) is 0 Å². The average Bonchev–Trinajstić information content (AvgIpc) is 3.33. The van der Waals surface area contributed by atoms with E-state index < -0.39 is 0 Å². The number of rotatable bonds is 6. The maximum atomic E-state index is 6.14. The molecular weight excluding hydrogens is 410 g/mol. The molecule has 5 rings (SSSR count). The van der Waals surface area contributed by atoms with Crippen molar-refractivity contribution in [1.82, 2.24) is 14.3 Å². The number of pyridine rings is 1. The summed E-state index contributed by atoms with van der Waals surface area (Å²) < 4.78 is 16.6. The van der Waals surface area contributed by atoms with Crippen molar-refractivity contribution < 1.29 is 9.47 Å². The first-order valence-electron chi connectivity index (χ1n) is 10.9. The second-order valence-electron chi connectivity index (χ2n) is 7.86. The molecular formula is C23H27N5O2S. The maximum absolute atomic E-state index is 6.14. The molecule has 2 aliphatic rings. The highest BCUT2D eigenvalue weighted by Crippen LogP contribution is 2.32. The lowest BCUT2D eigenvalue weighted by molar-refractivity contribution is -0.181. The Balaban J connectivity index is 1.16. The van der Waals surface area contributed by atoms with Crippen LogP contribution in [0.15, 0.2) is 54.7 Å². The van der Waals surface area contributed by atoms with Gasteiger partial charge in [0.2, 0.25) is 5.13 Å². The first-order chi connectivity index (χ1) is 15.4. The molecule has 8 heteroatoms. The van der Waals surface area contributed by atoms with E-state index in [1.807, 2.05) is 24.4 Å². The van der Waals surface area contributed by atoms with Crippen LogP contribution < -0.4 is 9.80 Å². The lowest BCUT2D eigenvalue weighted by Gasteiger charge is -2.35. The van der Waals surface area contributed by atoms with Crippen LogP contribution >= 0.6 is 11.5 Å². The molecule has 0 N–H and O–H groups in total. The van der Waals surface area contributed by atoms with Gasteiger partial charge in [-0.1, -0.05) is 36.4 Å². The molecule has 0 spiro atoms. The standard InChI is InChI=1S/C23H27N5O2S/c1-2-7-18(8-3-1)19-9-6-16-29-22(19)30-17-20-25-23(31-26-20)28-14-12-27(13-15-28)21-10-4-5-11-24-21/h1-5,7-8,10-11,19,22H,6,9,12-17H2. The zero-order valence-corrected chi connectivity index (χ0v) is 18.3. The van der Waals surface area contributed by atoms with Crippen molar-refractivity contribution in [1.29, 1.82) is 0 Å². The first kappa shape index (κ1) is 20.4. The first-order valence-corrected chi connectivity index (χ1v) is 11.7. The van der Waals surface area contributed by atoms with Gasteiger partial charge in [-0.2, -0.15) is 4.37 Å². The second-order valence-corrected chi connectivity index (χ2v) is 8.60. The Morgan fingerprint density at radius 2 is 1.81 bits per heavy atom. The number of anilines is 2. The summed E-state index contributed by atoms with van der Waals surface area (Å²) in [4.78, 5) is 13.8. The van der Waals surface area contributed by atoms with Gasteiger partial charge in [-0.25, -0.2) is 9.97 Å². The summed E-state index contributed by atoms with van der Waals surface area (Å²) in [6.07, 6.45) is 3.73. The summed E-state index contributed by atoms with van der Waals surface area (Å²) in [5, 5.41) is 0.962. The Bertz CT molecular complexity index is 947. The van der Waals surface area contributed by atoms with Crippen molar-refractivity contribution in [2.75, 3.05) is 42.6 Å². The van der Waals surface area contributed by atoms with Crippen LogP contribution in [0.5, 0.6) is 0 Å². The third-order valence-corrected chi connectivity index (χ3v) is 6.67. The number of ether oxygens (including phenoxy) is 2. The lowest BCUT2D eigenvalue weighted by atomic mass is 9.92. The third-order valence-electron chi connectivity index (χ3n) is 5.86. The molecule has 0 aliphatic carbocycles. The molecule has 2 atom stereocenters. The molecule has 0 radical (unpaired) electrons. The van der Waals surface area contributed by atoms with E-state index in [1.54, 1.807) is 0 Å². The number of benzene rings is 1. The summed E-state index contributed by atoms with van der Waals surface area (Å²) >= 11 is 1.45. The largest absolute Gasteiger partial charge is 0.353 e. The second kappa shape index (κ2) is 9.72. The van der Waals surface area contributed by atoms with Crippen molar-refractivity contribution in [3.05, 3.63) is 66.1 Å². The smallest absolute Gasteiger partial charge is 0.205 e. The Morgan fingerprint density at radius 3 is 2.61 bits per heavy atom. The number of piperazine rings is 1. The summed E-state index contributed by atoms with van der Waals surface area (Å²) in [6.45, 7) is 4.79. The number of hydrogen-bond donors (Lipinski definition) is 0. The van der Waals surface area contributed by atoms with Crippen molar-refractivity contribution >= 4 is 22.5 Å². The van der Waals surface area contributed by atoms with E-state index >= 15 is 0 Å². The zero-order chi connectivity index (χ0) is 20.9. The summed E-state index contributed by atoms with van der Waals surface area (Å²) in [7, 11) is 0. The monoisotopic (exact) mass is 437 g/mol. The molecule has 2 fully saturated rings. The lowest BCUT2D eigenvalue weighted by Crippen LogP contribution is -2.46. The highest BCUT2D eigenvalue weighted by atomic mass is 32.1. The highest BCUT2D eigenvalue weighted by Gasteiger charge is 2.29. The Hall–Kier alpha value is -2.55. The van der Waals surface area contributed by atoms with Gasteiger partial charge in [-0.3, -0.25) is 0 Å². The van der Waals surface area contributed by atoms with Crippen LogP contribution in [-0.4, -0.2) is 53.4 Å². The van der Waals surface area contributed by atoms with Crippen molar-refractivity contribution in [2.24, 2.45) is 0 Å². The molecule has 1 aromatic carbocycles. The van der Waals surface area contributed by atoms with Gasteiger partial charge in [0.05, 0.1) is 0 Å². The Kier molecular flexibility index (Phi) is 6.38. The molecule has 3 aromatic rings. The van der Waals surface area contributed by atoms with Gasteiger partial charge in [0.1, 0.15) is 12.4 Å². The third kappa shape index (κ3) is 4.87. The predicted molar refractivity (Wildman–Crippen MR) is 122 cm³/mol. The molecule has 2 saturated heterocycles. The predicted octanol–water partition coefficient (Wildman–Crippen LogP) is 3.70. The summed E-state index contributed by atoms with van der Waals surface area (Å²) in [5.41, 5.74) is 1.27. The molecule has 4 heterocycles. The van der Waals surface area contributed by atoms with Gasteiger partial charge in [-0.05, 0) is 30.5 Å². The van der Waals surface area contributed by atoms with Gasteiger partial charge in [-0.15, -0.1) is 0 Å². The fourth-order valence-electron chi connectivity index (χ4n) is 4.20. The zero-order valence-electron chi connectivity index (χ0n) is 17.5. The van der Waals surface area contributed by atoms with Crippen molar-refractivity contribution in [3.8, 4) is 0 Å². The van der Waals surface area contributed by atoms with Gasteiger partial charge in [0, 0.05) is 56.4 Å². The van der Waals surface area contributed by atoms with Crippen LogP contribution in [0, 0.1) is 0 Å². The molecule has 162 valence electrons. The fourth-order valence-corrected chi connectivity index (χ4v) is 4.92. The Morgan fingerprint density at radius 1 is 1.00 bits per heavy atom. The summed E-state index contributed by atoms with van der Waals surface area (Å²) in [6, 6.07) is 16.5. The summed E-state index contributed by atoms with van der Waals surface area (Å²) in [5.74, 6) is 2.02. The molecule has 0 amide bonds. The number of aromatic nitrogens is 3. The van der Waals surface area contributed by atoms with Gasteiger partial charge in [0.25, 0.3) is 0 Å². The van der Waals surface area contributed by atoms with Crippen molar-refractivity contribution in [2.45, 2.75) is 31.7 Å². The minimum Gasteiger partial charge on any atom is -0.353 e. The maximum Gasteiger partial charge on any atom is 0.205 e. The molecule has 31 heavy (non-hydrogen) atoms. The fraction of sp³-hybridized carbons (Fsp3) is 0.435. The molecule has 2 aliphatic heterocycles. The van der Waals surface area contributed by atoms with Gasteiger partial charge >= 0.3 is 0 Å². The van der Waals surface area contributed by atoms with E-state index in [2.05, 4.69) is 49.5 Å². The molecule has 7 nitrogen and oxygen atoms in total. The van der Waals surface area contributed by atoms with Gasteiger partial charge < -0.3 is 19.3 Å². The molecule has 2 aromatic heterocycles. The minimum atomic E-state index is -0.245. The van der Waals surface area contributed by atoms with Crippen LogP contribution in [0.25, 0.3) is 0 Å². The van der Waals surface area contributed by atoms with E-state index in [4.69, 9.17) is 14.5 Å². The van der Waals surface area contributed by atoms with E-state index in [-0.39, 0.29) is 12.2 Å². The Labute approximate surface area is 186 Å². The van der Waals surface area contributed by atoms with Crippen LogP contribution in [0.4, 0.5) is 10.9 Å². The normalized spacial score (nSPS) is 21.9. The molecule has 0 bridgehead atoms. The number of hydrogen-bond acceptors (Lipinski definition) is 8.